The Kier molecular flexibility index (Phi) is 4.91. The predicted octanol–water partition coefficient (Wildman–Crippen LogP) is 2.73. The van der Waals surface area contributed by atoms with Gasteiger partial charge in [0.2, 0.25) is 0 Å². The van der Waals surface area contributed by atoms with E-state index in [1.165, 1.54) is 16.7 Å². The average Bonchev–Trinajstić information content (AvgIpc) is 2.31. The fourth-order valence-electron chi connectivity index (χ4n) is 1.62. The molecule has 0 fully saturated rings. The van der Waals surface area contributed by atoms with Crippen molar-refractivity contribution < 1.29 is 9.53 Å². The van der Waals surface area contributed by atoms with Crippen LogP contribution in [-0.2, 0) is 16.1 Å². The molecule has 0 amide bonds. The quantitative estimate of drug-likeness (QED) is 0.815. The SMILES string of the molecule is CCOC(=O)C(C)(C)NCc1ccc(C)c(C)c1. The van der Waals surface area contributed by atoms with E-state index in [-0.39, 0.29) is 5.97 Å². The van der Waals surface area contributed by atoms with Crippen LogP contribution in [0.2, 0.25) is 0 Å². The summed E-state index contributed by atoms with van der Waals surface area (Å²) in [4.78, 5) is 11.7. The third-order valence-corrected chi connectivity index (χ3v) is 3.09. The lowest BCUT2D eigenvalue weighted by Crippen LogP contribution is -2.47. The van der Waals surface area contributed by atoms with Gasteiger partial charge >= 0.3 is 5.97 Å². The summed E-state index contributed by atoms with van der Waals surface area (Å²) in [5.74, 6) is -0.214. The van der Waals surface area contributed by atoms with Crippen molar-refractivity contribution in [3.8, 4) is 0 Å². The zero-order valence-corrected chi connectivity index (χ0v) is 12.0. The minimum absolute atomic E-state index is 0.214. The summed E-state index contributed by atoms with van der Waals surface area (Å²) in [6.45, 7) is 10.8. The lowest BCUT2D eigenvalue weighted by atomic mass is 10.0. The molecule has 0 radical (unpaired) electrons. The van der Waals surface area contributed by atoms with Crippen LogP contribution in [-0.4, -0.2) is 18.1 Å². The van der Waals surface area contributed by atoms with E-state index in [0.717, 1.165) is 0 Å². The summed E-state index contributed by atoms with van der Waals surface area (Å²) >= 11 is 0. The van der Waals surface area contributed by atoms with Crippen LogP contribution in [0.1, 0.15) is 37.5 Å². The minimum atomic E-state index is -0.658. The summed E-state index contributed by atoms with van der Waals surface area (Å²) < 4.78 is 5.04. The Hall–Kier alpha value is -1.35. The molecule has 0 unspecified atom stereocenters. The van der Waals surface area contributed by atoms with E-state index in [9.17, 15) is 4.79 Å². The van der Waals surface area contributed by atoms with Gasteiger partial charge < -0.3 is 4.74 Å². The van der Waals surface area contributed by atoms with Gasteiger partial charge in [-0.2, -0.15) is 0 Å². The van der Waals surface area contributed by atoms with E-state index in [0.29, 0.717) is 13.2 Å². The molecule has 3 nitrogen and oxygen atoms in total. The molecule has 0 saturated carbocycles. The number of nitrogens with one attached hydrogen (secondary N) is 1. The Morgan fingerprint density at radius 1 is 1.28 bits per heavy atom. The first-order valence-corrected chi connectivity index (χ1v) is 6.35. The van der Waals surface area contributed by atoms with Crippen molar-refractivity contribution in [3.05, 3.63) is 34.9 Å². The molecule has 1 aromatic carbocycles. The summed E-state index contributed by atoms with van der Waals surface area (Å²) in [5, 5.41) is 3.23. The monoisotopic (exact) mass is 249 g/mol. The number of rotatable bonds is 5. The summed E-state index contributed by atoms with van der Waals surface area (Å²) in [7, 11) is 0. The van der Waals surface area contributed by atoms with Crippen molar-refractivity contribution in [2.24, 2.45) is 0 Å². The van der Waals surface area contributed by atoms with Crippen LogP contribution < -0.4 is 5.32 Å². The Bertz CT molecular complexity index is 425. The topological polar surface area (TPSA) is 38.3 Å². The molecule has 0 spiro atoms. The van der Waals surface area contributed by atoms with E-state index < -0.39 is 5.54 Å². The Morgan fingerprint density at radius 3 is 2.50 bits per heavy atom. The maximum Gasteiger partial charge on any atom is 0.325 e. The Balaban J connectivity index is 2.63. The number of carbonyl (C=O) groups excluding carboxylic acids is 1. The predicted molar refractivity (Wildman–Crippen MR) is 73.5 cm³/mol. The number of esters is 1. The van der Waals surface area contributed by atoms with Crippen LogP contribution in [0, 0.1) is 13.8 Å². The molecule has 18 heavy (non-hydrogen) atoms. The summed E-state index contributed by atoms with van der Waals surface area (Å²) in [5.41, 5.74) is 3.07. The summed E-state index contributed by atoms with van der Waals surface area (Å²) in [6, 6.07) is 6.32. The number of aryl methyl sites for hydroxylation is 2. The first kappa shape index (κ1) is 14.7. The van der Waals surface area contributed by atoms with E-state index >= 15 is 0 Å². The maximum absolute atomic E-state index is 11.7. The lowest BCUT2D eigenvalue weighted by molar-refractivity contribution is -0.149. The molecule has 0 aromatic heterocycles. The third kappa shape index (κ3) is 3.84. The van der Waals surface area contributed by atoms with Gasteiger partial charge in [-0.05, 0) is 51.3 Å². The zero-order chi connectivity index (χ0) is 13.8. The molecule has 0 aliphatic rings. The molecule has 0 bridgehead atoms. The Labute approximate surface area is 110 Å². The molecule has 0 atom stereocenters. The fraction of sp³-hybridized carbons (Fsp3) is 0.533. The van der Waals surface area contributed by atoms with Crippen molar-refractivity contribution >= 4 is 5.97 Å². The van der Waals surface area contributed by atoms with Gasteiger partial charge in [0.05, 0.1) is 6.61 Å². The largest absolute Gasteiger partial charge is 0.465 e. The molecule has 1 aromatic rings. The molecule has 3 heteroatoms. The minimum Gasteiger partial charge on any atom is -0.465 e. The fourth-order valence-corrected chi connectivity index (χ4v) is 1.62. The summed E-state index contributed by atoms with van der Waals surface area (Å²) in [6.07, 6.45) is 0. The zero-order valence-electron chi connectivity index (χ0n) is 12.0. The van der Waals surface area contributed by atoms with Crippen LogP contribution >= 0.6 is 0 Å². The van der Waals surface area contributed by atoms with Gasteiger partial charge in [0, 0.05) is 6.54 Å². The van der Waals surface area contributed by atoms with Gasteiger partial charge in [-0.15, -0.1) is 0 Å². The van der Waals surface area contributed by atoms with Crippen LogP contribution in [0.3, 0.4) is 0 Å². The average molecular weight is 249 g/mol. The van der Waals surface area contributed by atoms with Gasteiger partial charge in [-0.25, -0.2) is 0 Å². The third-order valence-electron chi connectivity index (χ3n) is 3.09. The first-order valence-electron chi connectivity index (χ1n) is 6.35. The van der Waals surface area contributed by atoms with Crippen LogP contribution in [0.25, 0.3) is 0 Å². The van der Waals surface area contributed by atoms with Crippen molar-refractivity contribution in [1.82, 2.24) is 5.32 Å². The van der Waals surface area contributed by atoms with Crippen molar-refractivity contribution in [2.45, 2.75) is 46.7 Å². The second-order valence-corrected chi connectivity index (χ2v) is 5.12. The lowest BCUT2D eigenvalue weighted by Gasteiger charge is -2.24. The molecule has 0 aliphatic carbocycles. The molecule has 0 heterocycles. The first-order chi connectivity index (χ1) is 8.36. The molecule has 0 aliphatic heterocycles. The van der Waals surface area contributed by atoms with E-state index in [1.54, 1.807) is 0 Å². The van der Waals surface area contributed by atoms with Crippen molar-refractivity contribution in [2.75, 3.05) is 6.61 Å². The van der Waals surface area contributed by atoms with Crippen LogP contribution in [0.4, 0.5) is 0 Å². The molecule has 1 N–H and O–H groups in total. The second-order valence-electron chi connectivity index (χ2n) is 5.12. The molecule has 1 rings (SSSR count). The number of benzene rings is 1. The standard InChI is InChI=1S/C15H23NO2/c1-6-18-14(17)15(4,5)16-10-13-8-7-11(2)12(3)9-13/h7-9,16H,6,10H2,1-5H3. The van der Waals surface area contributed by atoms with E-state index in [2.05, 4.69) is 37.4 Å². The van der Waals surface area contributed by atoms with E-state index in [4.69, 9.17) is 4.74 Å². The van der Waals surface area contributed by atoms with Gasteiger partial charge in [-0.1, -0.05) is 18.2 Å². The van der Waals surface area contributed by atoms with Gasteiger partial charge in [0.25, 0.3) is 0 Å². The van der Waals surface area contributed by atoms with Gasteiger partial charge in [0.1, 0.15) is 5.54 Å². The van der Waals surface area contributed by atoms with Crippen LogP contribution in [0.5, 0.6) is 0 Å². The van der Waals surface area contributed by atoms with Gasteiger partial charge in [0.15, 0.2) is 0 Å². The Morgan fingerprint density at radius 2 is 1.94 bits per heavy atom. The number of hydrogen-bond acceptors (Lipinski definition) is 3. The molecule has 0 saturated heterocycles. The number of ether oxygens (including phenoxy) is 1. The second kappa shape index (κ2) is 6.01. The van der Waals surface area contributed by atoms with Crippen LogP contribution in [0.15, 0.2) is 18.2 Å². The highest BCUT2D eigenvalue weighted by molar-refractivity contribution is 5.79. The maximum atomic E-state index is 11.7. The molecular weight excluding hydrogens is 226 g/mol. The highest BCUT2D eigenvalue weighted by Gasteiger charge is 2.28. The highest BCUT2D eigenvalue weighted by atomic mass is 16.5. The van der Waals surface area contributed by atoms with Crippen molar-refractivity contribution in [1.29, 1.82) is 0 Å². The van der Waals surface area contributed by atoms with E-state index in [1.807, 2.05) is 20.8 Å². The van der Waals surface area contributed by atoms with Crippen molar-refractivity contribution in [3.63, 3.8) is 0 Å². The molecular formula is C15H23NO2. The normalized spacial score (nSPS) is 11.4. The number of hydrogen-bond donors (Lipinski definition) is 1. The highest BCUT2D eigenvalue weighted by Crippen LogP contribution is 2.12. The van der Waals surface area contributed by atoms with Gasteiger partial charge in [-0.3, -0.25) is 10.1 Å². The molecule has 100 valence electrons. The smallest absolute Gasteiger partial charge is 0.325 e. The number of carbonyl (C=O) groups is 1.